The summed E-state index contributed by atoms with van der Waals surface area (Å²) in [6.07, 6.45) is 0. The van der Waals surface area contributed by atoms with E-state index in [2.05, 4.69) is 5.32 Å². The molecule has 0 amide bonds. The van der Waals surface area contributed by atoms with Crippen LogP contribution in [0, 0.1) is 18.7 Å². The fourth-order valence-corrected chi connectivity index (χ4v) is 1.61. The molecule has 0 fully saturated rings. The third-order valence-electron chi connectivity index (χ3n) is 2.53. The zero-order valence-corrected chi connectivity index (χ0v) is 10.3. The SMILES string of the molecule is Cc1ccc(F)cc1C(NCC(C)C)C(=O)O. The first-order chi connectivity index (χ1) is 7.91. The molecule has 1 rings (SSSR count). The van der Waals surface area contributed by atoms with Crippen LogP contribution in [0.15, 0.2) is 18.2 Å². The molecule has 0 aliphatic rings. The molecule has 0 radical (unpaired) electrons. The molecule has 0 aromatic heterocycles. The second-order valence-corrected chi connectivity index (χ2v) is 4.57. The van der Waals surface area contributed by atoms with Gasteiger partial charge in [-0.15, -0.1) is 0 Å². The quantitative estimate of drug-likeness (QED) is 0.830. The van der Waals surface area contributed by atoms with Gasteiger partial charge in [-0.1, -0.05) is 19.9 Å². The summed E-state index contributed by atoms with van der Waals surface area (Å²) in [6.45, 7) is 6.34. The molecule has 0 aliphatic carbocycles. The van der Waals surface area contributed by atoms with E-state index >= 15 is 0 Å². The minimum atomic E-state index is -0.987. The lowest BCUT2D eigenvalue weighted by molar-refractivity contribution is -0.139. The highest BCUT2D eigenvalue weighted by Crippen LogP contribution is 2.19. The van der Waals surface area contributed by atoms with Crippen LogP contribution in [0.2, 0.25) is 0 Å². The minimum absolute atomic E-state index is 0.339. The van der Waals surface area contributed by atoms with Crippen molar-refractivity contribution < 1.29 is 14.3 Å². The van der Waals surface area contributed by atoms with Crippen molar-refractivity contribution in [2.24, 2.45) is 5.92 Å². The normalized spacial score (nSPS) is 12.8. The predicted molar refractivity (Wildman–Crippen MR) is 64.4 cm³/mol. The van der Waals surface area contributed by atoms with Gasteiger partial charge in [0.05, 0.1) is 0 Å². The summed E-state index contributed by atoms with van der Waals surface area (Å²) in [6, 6.07) is 3.35. The first-order valence-corrected chi connectivity index (χ1v) is 5.64. The first-order valence-electron chi connectivity index (χ1n) is 5.64. The summed E-state index contributed by atoms with van der Waals surface area (Å²) in [7, 11) is 0. The second-order valence-electron chi connectivity index (χ2n) is 4.57. The van der Waals surface area contributed by atoms with E-state index in [1.165, 1.54) is 12.1 Å². The Hall–Kier alpha value is -1.42. The van der Waals surface area contributed by atoms with Gasteiger partial charge in [-0.25, -0.2) is 4.39 Å². The molecule has 4 heteroatoms. The number of aliphatic carboxylic acids is 1. The maximum atomic E-state index is 13.1. The number of carbonyl (C=O) groups is 1. The van der Waals surface area contributed by atoms with Crippen molar-refractivity contribution in [2.75, 3.05) is 6.54 Å². The van der Waals surface area contributed by atoms with E-state index in [-0.39, 0.29) is 0 Å². The standard InChI is InChI=1S/C13H18FNO2/c1-8(2)7-15-12(13(16)17)11-6-10(14)5-4-9(11)3/h4-6,8,12,15H,7H2,1-3H3,(H,16,17). The molecule has 0 saturated carbocycles. The van der Waals surface area contributed by atoms with Crippen LogP contribution in [0.4, 0.5) is 4.39 Å². The van der Waals surface area contributed by atoms with Crippen molar-refractivity contribution >= 4 is 5.97 Å². The molecule has 17 heavy (non-hydrogen) atoms. The van der Waals surface area contributed by atoms with Gasteiger partial charge in [0.15, 0.2) is 0 Å². The van der Waals surface area contributed by atoms with Gasteiger partial charge in [-0.2, -0.15) is 0 Å². The Balaban J connectivity index is 2.97. The highest BCUT2D eigenvalue weighted by atomic mass is 19.1. The molecule has 1 aromatic rings. The number of carboxylic acid groups (broad SMARTS) is 1. The molecule has 0 saturated heterocycles. The Labute approximate surface area is 101 Å². The van der Waals surface area contributed by atoms with E-state index in [9.17, 15) is 9.18 Å². The van der Waals surface area contributed by atoms with Crippen LogP contribution in [0.5, 0.6) is 0 Å². The number of halogens is 1. The Bertz CT molecular complexity index is 404. The van der Waals surface area contributed by atoms with Crippen molar-refractivity contribution in [2.45, 2.75) is 26.8 Å². The average molecular weight is 239 g/mol. The van der Waals surface area contributed by atoms with E-state index in [0.29, 0.717) is 18.0 Å². The van der Waals surface area contributed by atoms with E-state index in [4.69, 9.17) is 5.11 Å². The lowest BCUT2D eigenvalue weighted by atomic mass is 10.0. The van der Waals surface area contributed by atoms with Crippen molar-refractivity contribution in [3.8, 4) is 0 Å². The van der Waals surface area contributed by atoms with Crippen LogP contribution in [0.3, 0.4) is 0 Å². The van der Waals surface area contributed by atoms with Crippen molar-refractivity contribution in [3.05, 3.63) is 35.1 Å². The Kier molecular flexibility index (Phi) is 4.63. The Morgan fingerprint density at radius 3 is 2.65 bits per heavy atom. The third-order valence-corrected chi connectivity index (χ3v) is 2.53. The second kappa shape index (κ2) is 5.77. The monoisotopic (exact) mass is 239 g/mol. The van der Waals surface area contributed by atoms with Crippen LogP contribution in [-0.2, 0) is 4.79 Å². The fraction of sp³-hybridized carbons (Fsp3) is 0.462. The lowest BCUT2D eigenvalue weighted by Gasteiger charge is -2.18. The summed E-state index contributed by atoms with van der Waals surface area (Å²) >= 11 is 0. The molecule has 0 heterocycles. The van der Waals surface area contributed by atoms with Crippen molar-refractivity contribution in [1.29, 1.82) is 0 Å². The highest BCUT2D eigenvalue weighted by molar-refractivity contribution is 5.76. The number of aryl methyl sites for hydroxylation is 1. The summed E-state index contributed by atoms with van der Waals surface area (Å²) in [4.78, 5) is 11.2. The van der Waals surface area contributed by atoms with Crippen LogP contribution < -0.4 is 5.32 Å². The number of hydrogen-bond acceptors (Lipinski definition) is 2. The van der Waals surface area contributed by atoms with Gasteiger partial charge < -0.3 is 10.4 Å². The van der Waals surface area contributed by atoms with Crippen LogP contribution >= 0.6 is 0 Å². The van der Waals surface area contributed by atoms with E-state index in [1.54, 1.807) is 13.0 Å². The summed E-state index contributed by atoms with van der Waals surface area (Å²) in [5.74, 6) is -1.06. The predicted octanol–water partition coefficient (Wildman–Crippen LogP) is 2.51. The van der Waals surface area contributed by atoms with Gasteiger partial charge in [0.25, 0.3) is 0 Å². The molecule has 3 nitrogen and oxygen atoms in total. The molecule has 0 spiro atoms. The topological polar surface area (TPSA) is 49.3 Å². The molecule has 1 atom stereocenters. The molecule has 0 aliphatic heterocycles. The van der Waals surface area contributed by atoms with Crippen LogP contribution in [-0.4, -0.2) is 17.6 Å². The maximum Gasteiger partial charge on any atom is 0.325 e. The molecular formula is C13H18FNO2. The number of benzene rings is 1. The van der Waals surface area contributed by atoms with Gasteiger partial charge in [-0.05, 0) is 42.6 Å². The van der Waals surface area contributed by atoms with Gasteiger partial charge >= 0.3 is 5.97 Å². The lowest BCUT2D eigenvalue weighted by Crippen LogP contribution is -2.31. The largest absolute Gasteiger partial charge is 0.480 e. The minimum Gasteiger partial charge on any atom is -0.480 e. The van der Waals surface area contributed by atoms with Crippen LogP contribution in [0.25, 0.3) is 0 Å². The van der Waals surface area contributed by atoms with E-state index in [1.807, 2.05) is 13.8 Å². The molecule has 0 bridgehead atoms. The van der Waals surface area contributed by atoms with E-state index in [0.717, 1.165) is 5.56 Å². The Morgan fingerprint density at radius 1 is 1.47 bits per heavy atom. The number of nitrogens with one attached hydrogen (secondary N) is 1. The summed E-state index contributed by atoms with van der Waals surface area (Å²) < 4.78 is 13.1. The van der Waals surface area contributed by atoms with Crippen molar-refractivity contribution in [1.82, 2.24) is 5.32 Å². The highest BCUT2D eigenvalue weighted by Gasteiger charge is 2.21. The molecule has 1 unspecified atom stereocenters. The van der Waals surface area contributed by atoms with Gasteiger partial charge in [0.2, 0.25) is 0 Å². The van der Waals surface area contributed by atoms with Crippen LogP contribution in [0.1, 0.15) is 31.0 Å². The molecule has 94 valence electrons. The van der Waals surface area contributed by atoms with E-state index < -0.39 is 17.8 Å². The zero-order valence-electron chi connectivity index (χ0n) is 10.3. The average Bonchev–Trinajstić information content (AvgIpc) is 2.22. The first kappa shape index (κ1) is 13.6. The summed E-state index contributed by atoms with van der Waals surface area (Å²) in [5, 5.41) is 12.1. The fourth-order valence-electron chi connectivity index (χ4n) is 1.61. The number of carboxylic acids is 1. The Morgan fingerprint density at radius 2 is 2.12 bits per heavy atom. The van der Waals surface area contributed by atoms with Crippen molar-refractivity contribution in [3.63, 3.8) is 0 Å². The van der Waals surface area contributed by atoms with Gasteiger partial charge in [-0.3, -0.25) is 4.79 Å². The number of rotatable bonds is 5. The number of hydrogen-bond donors (Lipinski definition) is 2. The zero-order chi connectivity index (χ0) is 13.0. The summed E-state index contributed by atoms with van der Waals surface area (Å²) in [5.41, 5.74) is 1.26. The third kappa shape index (κ3) is 3.82. The molecular weight excluding hydrogens is 221 g/mol. The molecule has 2 N–H and O–H groups in total. The molecule has 1 aromatic carbocycles. The maximum absolute atomic E-state index is 13.1. The smallest absolute Gasteiger partial charge is 0.325 e. The van der Waals surface area contributed by atoms with Gasteiger partial charge in [0.1, 0.15) is 11.9 Å². The van der Waals surface area contributed by atoms with Gasteiger partial charge in [0, 0.05) is 0 Å².